The Kier molecular flexibility index (Phi) is 5.04. The monoisotopic (exact) mass is 410 g/mol. The molecule has 1 saturated heterocycles. The lowest BCUT2D eigenvalue weighted by atomic mass is 10.2. The van der Waals surface area contributed by atoms with Crippen LogP contribution in [-0.2, 0) is 14.6 Å². The van der Waals surface area contributed by atoms with Gasteiger partial charge in [-0.25, -0.2) is 18.2 Å². The van der Waals surface area contributed by atoms with E-state index in [4.69, 9.17) is 4.74 Å². The average Bonchev–Trinajstić information content (AvgIpc) is 3.18. The summed E-state index contributed by atoms with van der Waals surface area (Å²) in [5.74, 6) is -0.408. The van der Waals surface area contributed by atoms with Gasteiger partial charge in [-0.3, -0.25) is 10.1 Å². The van der Waals surface area contributed by atoms with Gasteiger partial charge in [-0.05, 0) is 39.2 Å². The normalized spacial score (nSPS) is 17.8. The lowest BCUT2D eigenvalue weighted by Crippen LogP contribution is -2.35. The van der Waals surface area contributed by atoms with E-state index in [9.17, 15) is 23.3 Å². The highest BCUT2D eigenvalue weighted by atomic mass is 32.2. The third kappa shape index (κ3) is 4.41. The lowest BCUT2D eigenvalue weighted by molar-refractivity contribution is -0.384. The van der Waals surface area contributed by atoms with E-state index in [0.29, 0.717) is 25.0 Å². The van der Waals surface area contributed by atoms with E-state index in [1.54, 1.807) is 20.8 Å². The standard InChI is InChI=1S/C17H22N4O6S/c1-17(2,3)27-16(22)20-7-6-11(9-20)10-28(25,26)15-18-13-5-4-12(21(23)24)8-14(13)19-15/h4-5,8,11H,6-7,9-10H2,1-3H3,(H,18,19)/t11-/m1/s1. The molecule has 2 aromatic rings. The fourth-order valence-electron chi connectivity index (χ4n) is 3.09. The highest BCUT2D eigenvalue weighted by Gasteiger charge is 2.33. The van der Waals surface area contributed by atoms with Gasteiger partial charge in [0, 0.05) is 25.2 Å². The number of amides is 1. The minimum Gasteiger partial charge on any atom is -0.444 e. The maximum Gasteiger partial charge on any atom is 0.410 e. The number of H-pyrrole nitrogens is 1. The quantitative estimate of drug-likeness (QED) is 0.604. The topological polar surface area (TPSA) is 136 Å². The molecule has 152 valence electrons. The third-order valence-electron chi connectivity index (χ3n) is 4.34. The Bertz CT molecular complexity index is 1020. The molecular formula is C17H22N4O6S. The summed E-state index contributed by atoms with van der Waals surface area (Å²) >= 11 is 0. The molecule has 0 unspecified atom stereocenters. The van der Waals surface area contributed by atoms with Crippen LogP contribution >= 0.6 is 0 Å². The Morgan fingerprint density at radius 3 is 2.79 bits per heavy atom. The van der Waals surface area contributed by atoms with Crippen LogP contribution in [0.5, 0.6) is 0 Å². The first kappa shape index (κ1) is 20.1. The van der Waals surface area contributed by atoms with Gasteiger partial charge >= 0.3 is 6.09 Å². The van der Waals surface area contributed by atoms with Gasteiger partial charge in [0.1, 0.15) is 5.60 Å². The zero-order valence-electron chi connectivity index (χ0n) is 15.8. The Morgan fingerprint density at radius 1 is 1.43 bits per heavy atom. The number of fused-ring (bicyclic) bond motifs is 1. The molecule has 1 aliphatic heterocycles. The number of nitrogens with one attached hydrogen (secondary N) is 1. The largest absolute Gasteiger partial charge is 0.444 e. The van der Waals surface area contributed by atoms with Crippen molar-refractivity contribution in [1.82, 2.24) is 14.9 Å². The van der Waals surface area contributed by atoms with Crippen LogP contribution in [0, 0.1) is 16.0 Å². The van der Waals surface area contributed by atoms with Crippen molar-refractivity contribution in [3.8, 4) is 0 Å². The second kappa shape index (κ2) is 7.04. The number of hydrogen-bond donors (Lipinski definition) is 1. The molecule has 0 spiro atoms. The first-order valence-electron chi connectivity index (χ1n) is 8.79. The van der Waals surface area contributed by atoms with E-state index in [1.807, 2.05) is 0 Å². The van der Waals surface area contributed by atoms with Gasteiger partial charge in [-0.1, -0.05) is 0 Å². The summed E-state index contributed by atoms with van der Waals surface area (Å²) in [6, 6.07) is 3.93. The number of hydrogen-bond acceptors (Lipinski definition) is 7. The second-order valence-corrected chi connectivity index (χ2v) is 9.81. The summed E-state index contributed by atoms with van der Waals surface area (Å²) in [6.07, 6.45) is 0.0907. The van der Waals surface area contributed by atoms with E-state index in [0.717, 1.165) is 0 Å². The first-order valence-corrected chi connectivity index (χ1v) is 10.4. The maximum atomic E-state index is 12.7. The van der Waals surface area contributed by atoms with Crippen LogP contribution in [0.3, 0.4) is 0 Å². The van der Waals surface area contributed by atoms with Crippen LogP contribution in [0.2, 0.25) is 0 Å². The molecule has 28 heavy (non-hydrogen) atoms. The minimum atomic E-state index is -3.74. The molecule has 0 aliphatic carbocycles. The van der Waals surface area contributed by atoms with E-state index >= 15 is 0 Å². The average molecular weight is 410 g/mol. The fraction of sp³-hybridized carbons (Fsp3) is 0.529. The van der Waals surface area contributed by atoms with E-state index < -0.39 is 26.5 Å². The van der Waals surface area contributed by atoms with E-state index in [-0.39, 0.29) is 28.0 Å². The van der Waals surface area contributed by atoms with Gasteiger partial charge in [0.25, 0.3) is 5.69 Å². The molecule has 11 heteroatoms. The second-order valence-electron chi connectivity index (χ2n) is 7.86. The van der Waals surface area contributed by atoms with Crippen LogP contribution in [0.15, 0.2) is 23.4 Å². The Morgan fingerprint density at radius 2 is 2.14 bits per heavy atom. The number of rotatable bonds is 4. The molecule has 0 radical (unpaired) electrons. The van der Waals surface area contributed by atoms with Crippen molar-refractivity contribution in [2.24, 2.45) is 5.92 Å². The van der Waals surface area contributed by atoms with Gasteiger partial charge in [-0.15, -0.1) is 0 Å². The molecule has 1 atom stereocenters. The molecule has 0 bridgehead atoms. The number of aromatic nitrogens is 2. The molecule has 0 saturated carbocycles. The SMILES string of the molecule is CC(C)(C)OC(=O)N1CC[C@@H](CS(=O)(=O)c2nc3ccc([N+](=O)[O-])cc3[nH]2)C1. The number of imidazole rings is 1. The summed E-state index contributed by atoms with van der Waals surface area (Å²) in [5, 5.41) is 10.6. The first-order chi connectivity index (χ1) is 12.9. The molecule has 1 amide bonds. The summed E-state index contributed by atoms with van der Waals surface area (Å²) in [6.45, 7) is 6.04. The smallest absolute Gasteiger partial charge is 0.410 e. The van der Waals surface area contributed by atoms with Gasteiger partial charge < -0.3 is 14.6 Å². The molecule has 1 aromatic heterocycles. The summed E-state index contributed by atoms with van der Waals surface area (Å²) in [4.78, 5) is 30.7. The molecule has 2 heterocycles. The van der Waals surface area contributed by atoms with Gasteiger partial charge in [0.15, 0.2) is 0 Å². The number of non-ortho nitro benzene ring substituents is 1. The number of carbonyl (C=O) groups is 1. The Labute approximate surface area is 161 Å². The summed E-state index contributed by atoms with van der Waals surface area (Å²) in [7, 11) is -3.74. The number of sulfone groups is 1. The highest BCUT2D eigenvalue weighted by Crippen LogP contribution is 2.25. The van der Waals surface area contributed by atoms with E-state index in [1.165, 1.54) is 23.1 Å². The minimum absolute atomic E-state index is 0.149. The number of nitrogens with zero attached hydrogens (tertiary/aromatic N) is 3. The molecule has 1 aromatic carbocycles. The van der Waals surface area contributed by atoms with Crippen molar-refractivity contribution in [3.63, 3.8) is 0 Å². The number of aromatic amines is 1. The van der Waals surface area contributed by atoms with E-state index in [2.05, 4.69) is 9.97 Å². The number of carbonyl (C=O) groups excluding carboxylic acids is 1. The predicted molar refractivity (Wildman–Crippen MR) is 101 cm³/mol. The van der Waals surface area contributed by atoms with Crippen molar-refractivity contribution < 1.29 is 22.9 Å². The van der Waals surface area contributed by atoms with Crippen LogP contribution in [-0.4, -0.2) is 58.7 Å². The number of ether oxygens (including phenoxy) is 1. The fourth-order valence-corrected chi connectivity index (χ4v) is 4.64. The molecule has 10 nitrogen and oxygen atoms in total. The molecule has 1 aliphatic rings. The summed E-state index contributed by atoms with van der Waals surface area (Å²) < 4.78 is 30.8. The zero-order valence-corrected chi connectivity index (χ0v) is 16.7. The Hall–Kier alpha value is -2.69. The summed E-state index contributed by atoms with van der Waals surface area (Å²) in [5.41, 5.74) is -0.137. The van der Waals surface area contributed by atoms with Gasteiger partial charge in [-0.2, -0.15) is 0 Å². The highest BCUT2D eigenvalue weighted by molar-refractivity contribution is 7.91. The van der Waals surface area contributed by atoms with Crippen LogP contribution in [0.4, 0.5) is 10.5 Å². The Balaban J connectivity index is 1.71. The van der Waals surface area contributed by atoms with Crippen molar-refractivity contribution in [3.05, 3.63) is 28.3 Å². The van der Waals surface area contributed by atoms with Crippen LogP contribution in [0.1, 0.15) is 27.2 Å². The number of nitro groups is 1. The van der Waals surface area contributed by atoms with Crippen molar-refractivity contribution in [2.75, 3.05) is 18.8 Å². The number of benzene rings is 1. The third-order valence-corrected chi connectivity index (χ3v) is 6.03. The predicted octanol–water partition coefficient (Wildman–Crippen LogP) is 2.50. The number of likely N-dealkylation sites (tertiary alicyclic amines) is 1. The molecular weight excluding hydrogens is 388 g/mol. The van der Waals surface area contributed by atoms with Crippen LogP contribution in [0.25, 0.3) is 11.0 Å². The number of nitro benzene ring substituents is 1. The van der Waals surface area contributed by atoms with Gasteiger partial charge in [0.2, 0.25) is 15.0 Å². The molecule has 3 rings (SSSR count). The lowest BCUT2D eigenvalue weighted by Gasteiger charge is -2.24. The zero-order chi connectivity index (χ0) is 20.7. The maximum absolute atomic E-state index is 12.7. The molecule has 1 N–H and O–H groups in total. The van der Waals surface area contributed by atoms with Crippen molar-refractivity contribution >= 4 is 32.7 Å². The van der Waals surface area contributed by atoms with Crippen LogP contribution < -0.4 is 0 Å². The molecule has 1 fully saturated rings. The van der Waals surface area contributed by atoms with Gasteiger partial charge in [0.05, 0.1) is 21.7 Å². The van der Waals surface area contributed by atoms with Crippen molar-refractivity contribution in [2.45, 2.75) is 37.9 Å². The van der Waals surface area contributed by atoms with Crippen molar-refractivity contribution in [1.29, 1.82) is 0 Å².